The molecule has 82 valence electrons. The van der Waals surface area contributed by atoms with Crippen molar-refractivity contribution in [2.75, 3.05) is 0 Å². The fourth-order valence-electron chi connectivity index (χ4n) is 1.80. The highest BCUT2D eigenvalue weighted by molar-refractivity contribution is 9.09. The summed E-state index contributed by atoms with van der Waals surface area (Å²) < 4.78 is 0. The summed E-state index contributed by atoms with van der Waals surface area (Å²) in [6.45, 7) is 8.46. The Morgan fingerprint density at radius 1 is 1.57 bits per heavy atom. The Labute approximate surface area is 95.0 Å². The second-order valence-corrected chi connectivity index (χ2v) is 6.73. The van der Waals surface area contributed by atoms with E-state index in [4.69, 9.17) is 0 Å². The van der Waals surface area contributed by atoms with E-state index in [0.29, 0.717) is 4.83 Å². The van der Waals surface area contributed by atoms with E-state index in [-0.39, 0.29) is 23.3 Å². The van der Waals surface area contributed by atoms with E-state index in [2.05, 4.69) is 48.9 Å². The van der Waals surface area contributed by atoms with Crippen LogP contribution in [0.5, 0.6) is 0 Å². The van der Waals surface area contributed by atoms with Gasteiger partial charge in [-0.15, -0.1) is 0 Å². The maximum atomic E-state index is 11.7. The lowest BCUT2D eigenvalue weighted by atomic mass is 10.1. The van der Waals surface area contributed by atoms with E-state index in [9.17, 15) is 4.79 Å². The van der Waals surface area contributed by atoms with Crippen LogP contribution in [0.4, 0.5) is 0 Å². The molecule has 14 heavy (non-hydrogen) atoms. The third-order valence-electron chi connectivity index (χ3n) is 2.90. The van der Waals surface area contributed by atoms with Gasteiger partial charge in [-0.25, -0.2) is 0 Å². The van der Waals surface area contributed by atoms with Crippen molar-refractivity contribution in [1.29, 1.82) is 0 Å². The largest absolute Gasteiger partial charge is 0.353 e. The Bertz CT molecular complexity index is 225. The van der Waals surface area contributed by atoms with Gasteiger partial charge in [0.25, 0.3) is 0 Å². The number of rotatable bonds is 4. The van der Waals surface area contributed by atoms with Crippen molar-refractivity contribution in [2.24, 2.45) is 11.3 Å². The second kappa shape index (κ2) is 4.21. The van der Waals surface area contributed by atoms with Gasteiger partial charge in [0, 0.05) is 16.8 Å². The van der Waals surface area contributed by atoms with Gasteiger partial charge in [0.15, 0.2) is 0 Å². The molecular formula is C11H20BrNO. The van der Waals surface area contributed by atoms with Crippen LogP contribution < -0.4 is 5.32 Å². The van der Waals surface area contributed by atoms with Crippen LogP contribution in [0.25, 0.3) is 0 Å². The quantitative estimate of drug-likeness (QED) is 0.775. The van der Waals surface area contributed by atoms with Crippen LogP contribution in [0, 0.1) is 11.3 Å². The molecule has 0 radical (unpaired) electrons. The molecule has 1 aliphatic carbocycles. The number of amides is 1. The standard InChI is InChI=1S/C11H20BrNO/c1-7(12)5-8(2)13-10(14)9-6-11(9,3)4/h7-9H,5-6H2,1-4H3,(H,13,14). The van der Waals surface area contributed by atoms with Crippen molar-refractivity contribution in [2.45, 2.75) is 51.4 Å². The first-order valence-corrected chi connectivity index (χ1v) is 6.19. The third kappa shape index (κ3) is 3.26. The van der Waals surface area contributed by atoms with Gasteiger partial charge in [-0.2, -0.15) is 0 Å². The highest BCUT2D eigenvalue weighted by Gasteiger charge is 2.50. The van der Waals surface area contributed by atoms with E-state index in [0.717, 1.165) is 12.8 Å². The Balaban J connectivity index is 2.28. The van der Waals surface area contributed by atoms with Crippen molar-refractivity contribution in [1.82, 2.24) is 5.32 Å². The van der Waals surface area contributed by atoms with E-state index < -0.39 is 0 Å². The molecule has 0 aromatic carbocycles. The van der Waals surface area contributed by atoms with Gasteiger partial charge in [-0.05, 0) is 25.2 Å². The molecule has 1 fully saturated rings. The zero-order valence-electron chi connectivity index (χ0n) is 9.43. The summed E-state index contributed by atoms with van der Waals surface area (Å²) in [4.78, 5) is 12.1. The van der Waals surface area contributed by atoms with E-state index >= 15 is 0 Å². The van der Waals surface area contributed by atoms with Gasteiger partial charge in [0.2, 0.25) is 5.91 Å². The molecule has 0 aliphatic heterocycles. The minimum absolute atomic E-state index is 0.232. The summed E-state index contributed by atoms with van der Waals surface area (Å²) in [7, 11) is 0. The highest BCUT2D eigenvalue weighted by atomic mass is 79.9. The molecule has 2 nitrogen and oxygen atoms in total. The van der Waals surface area contributed by atoms with Crippen LogP contribution in [-0.2, 0) is 4.79 Å². The molecule has 3 unspecified atom stereocenters. The second-order valence-electron chi connectivity index (χ2n) is 5.17. The number of nitrogens with one attached hydrogen (secondary N) is 1. The van der Waals surface area contributed by atoms with E-state index in [1.165, 1.54) is 0 Å². The van der Waals surface area contributed by atoms with Gasteiger partial charge in [0.1, 0.15) is 0 Å². The average Bonchev–Trinajstić information content (AvgIpc) is 2.57. The molecular weight excluding hydrogens is 242 g/mol. The minimum atomic E-state index is 0.232. The van der Waals surface area contributed by atoms with Gasteiger partial charge in [-0.3, -0.25) is 4.79 Å². The molecule has 1 aliphatic rings. The molecule has 3 atom stereocenters. The predicted molar refractivity (Wildman–Crippen MR) is 62.5 cm³/mol. The van der Waals surface area contributed by atoms with Crippen molar-refractivity contribution >= 4 is 21.8 Å². The summed E-state index contributed by atoms with van der Waals surface area (Å²) in [5.41, 5.74) is 0.240. The van der Waals surface area contributed by atoms with Gasteiger partial charge >= 0.3 is 0 Å². The lowest BCUT2D eigenvalue weighted by molar-refractivity contribution is -0.123. The zero-order valence-corrected chi connectivity index (χ0v) is 11.0. The number of alkyl halides is 1. The molecule has 0 spiro atoms. The molecule has 3 heteroatoms. The maximum Gasteiger partial charge on any atom is 0.223 e. The highest BCUT2D eigenvalue weighted by Crippen LogP contribution is 2.51. The van der Waals surface area contributed by atoms with Crippen LogP contribution in [0.3, 0.4) is 0 Å². The van der Waals surface area contributed by atoms with Crippen LogP contribution in [0.2, 0.25) is 0 Å². The van der Waals surface area contributed by atoms with E-state index in [1.807, 2.05) is 0 Å². The van der Waals surface area contributed by atoms with Crippen molar-refractivity contribution in [3.63, 3.8) is 0 Å². The van der Waals surface area contributed by atoms with Crippen LogP contribution >= 0.6 is 15.9 Å². The molecule has 1 rings (SSSR count). The van der Waals surface area contributed by atoms with Crippen molar-refractivity contribution in [3.05, 3.63) is 0 Å². The van der Waals surface area contributed by atoms with Gasteiger partial charge in [0.05, 0.1) is 0 Å². The molecule has 1 amide bonds. The summed E-state index contributed by atoms with van der Waals surface area (Å²) in [5, 5.41) is 3.06. The van der Waals surface area contributed by atoms with E-state index in [1.54, 1.807) is 0 Å². The lowest BCUT2D eigenvalue weighted by Crippen LogP contribution is -2.35. The van der Waals surface area contributed by atoms with Crippen molar-refractivity contribution in [3.8, 4) is 0 Å². The number of carbonyl (C=O) groups is 1. The SMILES string of the molecule is CC(Br)CC(C)NC(=O)C1CC1(C)C. The fourth-order valence-corrected chi connectivity index (χ4v) is 2.37. The number of hydrogen-bond donors (Lipinski definition) is 1. The predicted octanol–water partition coefficient (Wildman–Crippen LogP) is 2.71. The number of carbonyl (C=O) groups excluding carboxylic acids is 1. The summed E-state index contributed by atoms with van der Waals surface area (Å²) in [6.07, 6.45) is 2.02. The molecule has 1 saturated carbocycles. The molecule has 0 heterocycles. The summed E-state index contributed by atoms with van der Waals surface area (Å²) >= 11 is 3.49. The first kappa shape index (κ1) is 12.0. The fraction of sp³-hybridized carbons (Fsp3) is 0.909. The molecule has 0 saturated heterocycles. The normalized spacial score (nSPS) is 27.9. The number of halogens is 1. The third-order valence-corrected chi connectivity index (χ3v) is 3.27. The maximum absolute atomic E-state index is 11.7. The lowest BCUT2D eigenvalue weighted by Gasteiger charge is -2.15. The first-order chi connectivity index (χ1) is 6.33. The Morgan fingerprint density at radius 3 is 2.43 bits per heavy atom. The Kier molecular flexibility index (Phi) is 3.62. The molecule has 0 aromatic rings. The Hall–Kier alpha value is -0.0500. The molecule has 0 aromatic heterocycles. The summed E-state index contributed by atoms with van der Waals surface area (Å²) in [6, 6.07) is 0.272. The molecule has 0 bridgehead atoms. The monoisotopic (exact) mass is 261 g/mol. The topological polar surface area (TPSA) is 29.1 Å². The minimum Gasteiger partial charge on any atom is -0.353 e. The molecule has 1 N–H and O–H groups in total. The van der Waals surface area contributed by atoms with Gasteiger partial charge < -0.3 is 5.32 Å². The zero-order chi connectivity index (χ0) is 10.9. The van der Waals surface area contributed by atoms with Crippen LogP contribution in [0.15, 0.2) is 0 Å². The van der Waals surface area contributed by atoms with Crippen molar-refractivity contribution < 1.29 is 4.79 Å². The van der Waals surface area contributed by atoms with Crippen LogP contribution in [0.1, 0.15) is 40.5 Å². The summed E-state index contributed by atoms with van der Waals surface area (Å²) in [5.74, 6) is 0.478. The smallest absolute Gasteiger partial charge is 0.223 e. The average molecular weight is 262 g/mol. The Morgan fingerprint density at radius 2 is 2.07 bits per heavy atom. The van der Waals surface area contributed by atoms with Crippen LogP contribution in [-0.4, -0.2) is 16.8 Å². The van der Waals surface area contributed by atoms with Gasteiger partial charge in [-0.1, -0.05) is 36.7 Å². The first-order valence-electron chi connectivity index (χ1n) is 5.27. The number of hydrogen-bond acceptors (Lipinski definition) is 1.